The van der Waals surface area contributed by atoms with Crippen molar-refractivity contribution in [3.63, 3.8) is 0 Å². The molecule has 2 rings (SSSR count). The van der Waals surface area contributed by atoms with Crippen molar-refractivity contribution in [3.05, 3.63) is 34.7 Å². The predicted molar refractivity (Wildman–Crippen MR) is 77.1 cm³/mol. The maximum Gasteiger partial charge on any atom is 0.263 e. The standard InChI is InChI=1S/C12H10N2O2S2/c1-7(15)13-9-4-2-8(3-5-9)6-10-11(16)14-12(17)18-10/h2-6H,1H3,(H,13,15)(H,14,16,17)/b10-6-. The molecule has 92 valence electrons. The van der Waals surface area contributed by atoms with Crippen LogP contribution in [0.25, 0.3) is 6.08 Å². The Kier molecular flexibility index (Phi) is 3.78. The molecule has 0 aromatic heterocycles. The fraction of sp³-hybridized carbons (Fsp3) is 0.0833. The highest BCUT2D eigenvalue weighted by atomic mass is 32.2. The van der Waals surface area contributed by atoms with Crippen LogP contribution < -0.4 is 10.6 Å². The zero-order valence-corrected chi connectivity index (χ0v) is 11.2. The molecule has 0 spiro atoms. The van der Waals surface area contributed by atoms with Gasteiger partial charge in [-0.2, -0.15) is 0 Å². The second-order valence-electron chi connectivity index (χ2n) is 3.66. The number of benzene rings is 1. The molecule has 1 heterocycles. The molecule has 6 heteroatoms. The Labute approximate surface area is 114 Å². The zero-order valence-electron chi connectivity index (χ0n) is 9.52. The number of thiocarbonyl (C=S) groups is 1. The van der Waals surface area contributed by atoms with Crippen molar-refractivity contribution >= 4 is 51.9 Å². The highest BCUT2D eigenvalue weighted by Crippen LogP contribution is 2.26. The quantitative estimate of drug-likeness (QED) is 0.643. The molecule has 18 heavy (non-hydrogen) atoms. The second-order valence-corrected chi connectivity index (χ2v) is 5.37. The van der Waals surface area contributed by atoms with Crippen molar-refractivity contribution in [3.8, 4) is 0 Å². The number of carbonyl (C=O) groups excluding carboxylic acids is 2. The second kappa shape index (κ2) is 5.32. The Morgan fingerprint density at radius 1 is 1.39 bits per heavy atom. The van der Waals surface area contributed by atoms with E-state index in [9.17, 15) is 9.59 Å². The molecule has 0 unspecified atom stereocenters. The normalized spacial score (nSPS) is 16.8. The Morgan fingerprint density at radius 2 is 2.06 bits per heavy atom. The Balaban J connectivity index is 2.15. The van der Waals surface area contributed by atoms with Crippen LogP contribution in [0, 0.1) is 0 Å². The minimum absolute atomic E-state index is 0.114. The summed E-state index contributed by atoms with van der Waals surface area (Å²) in [6.45, 7) is 1.45. The van der Waals surface area contributed by atoms with E-state index in [1.54, 1.807) is 18.2 Å². The van der Waals surface area contributed by atoms with E-state index in [0.29, 0.717) is 9.23 Å². The van der Waals surface area contributed by atoms with Gasteiger partial charge in [-0.15, -0.1) is 0 Å². The summed E-state index contributed by atoms with van der Waals surface area (Å²) in [7, 11) is 0. The summed E-state index contributed by atoms with van der Waals surface area (Å²) < 4.78 is 0.473. The number of hydrogen-bond donors (Lipinski definition) is 2. The lowest BCUT2D eigenvalue weighted by Crippen LogP contribution is -2.17. The third kappa shape index (κ3) is 3.18. The van der Waals surface area contributed by atoms with Crippen LogP contribution in [0.2, 0.25) is 0 Å². The van der Waals surface area contributed by atoms with Crippen LogP contribution in [-0.4, -0.2) is 16.1 Å². The molecule has 1 aromatic rings. The maximum atomic E-state index is 11.5. The largest absolute Gasteiger partial charge is 0.326 e. The smallest absolute Gasteiger partial charge is 0.263 e. The van der Waals surface area contributed by atoms with E-state index >= 15 is 0 Å². The number of rotatable bonds is 2. The van der Waals surface area contributed by atoms with Crippen LogP contribution in [0.4, 0.5) is 5.69 Å². The Bertz CT molecular complexity index is 550. The molecule has 1 saturated heterocycles. The first-order chi connectivity index (χ1) is 8.54. The Hall–Kier alpha value is -1.66. The molecule has 1 fully saturated rings. The molecule has 0 aliphatic carbocycles. The maximum absolute atomic E-state index is 11.5. The molecule has 2 amide bonds. The van der Waals surface area contributed by atoms with Gasteiger partial charge >= 0.3 is 0 Å². The number of nitrogens with one attached hydrogen (secondary N) is 2. The number of thioether (sulfide) groups is 1. The zero-order chi connectivity index (χ0) is 13.1. The van der Waals surface area contributed by atoms with Gasteiger partial charge in [0.1, 0.15) is 4.32 Å². The number of hydrogen-bond acceptors (Lipinski definition) is 4. The molecule has 1 aliphatic heterocycles. The van der Waals surface area contributed by atoms with Crippen LogP contribution in [0.15, 0.2) is 29.2 Å². The van der Waals surface area contributed by atoms with Crippen molar-refractivity contribution in [2.75, 3.05) is 5.32 Å². The SMILES string of the molecule is CC(=O)Nc1ccc(/C=C2\SC(=S)NC2=O)cc1. The summed E-state index contributed by atoms with van der Waals surface area (Å²) >= 11 is 6.15. The van der Waals surface area contributed by atoms with Gasteiger partial charge in [-0.05, 0) is 23.8 Å². The third-order valence-electron chi connectivity index (χ3n) is 2.17. The van der Waals surface area contributed by atoms with Crippen molar-refractivity contribution in [1.82, 2.24) is 5.32 Å². The molecule has 4 nitrogen and oxygen atoms in total. The third-order valence-corrected chi connectivity index (χ3v) is 3.33. The topological polar surface area (TPSA) is 58.2 Å². The summed E-state index contributed by atoms with van der Waals surface area (Å²) in [4.78, 5) is 22.9. The van der Waals surface area contributed by atoms with Crippen molar-refractivity contribution in [2.24, 2.45) is 0 Å². The number of carbonyl (C=O) groups is 2. The van der Waals surface area contributed by atoms with E-state index in [4.69, 9.17) is 12.2 Å². The predicted octanol–water partition coefficient (Wildman–Crippen LogP) is 2.13. The van der Waals surface area contributed by atoms with Crippen molar-refractivity contribution < 1.29 is 9.59 Å². The van der Waals surface area contributed by atoms with Crippen LogP contribution in [0.1, 0.15) is 12.5 Å². The lowest BCUT2D eigenvalue weighted by molar-refractivity contribution is -0.115. The summed E-state index contributed by atoms with van der Waals surface area (Å²) in [6, 6.07) is 7.22. The van der Waals surface area contributed by atoms with Gasteiger partial charge in [-0.3, -0.25) is 9.59 Å². The molecule has 0 atom stereocenters. The van der Waals surface area contributed by atoms with Crippen LogP contribution in [-0.2, 0) is 9.59 Å². The van der Waals surface area contributed by atoms with Gasteiger partial charge in [-0.25, -0.2) is 0 Å². The minimum Gasteiger partial charge on any atom is -0.326 e. The van der Waals surface area contributed by atoms with Gasteiger partial charge < -0.3 is 10.6 Å². The van der Waals surface area contributed by atoms with E-state index in [0.717, 1.165) is 11.3 Å². The average molecular weight is 278 g/mol. The van der Waals surface area contributed by atoms with Gasteiger partial charge in [0.25, 0.3) is 5.91 Å². The summed E-state index contributed by atoms with van der Waals surface area (Å²) in [5.41, 5.74) is 1.61. The molecule has 1 aromatic carbocycles. The summed E-state index contributed by atoms with van der Waals surface area (Å²) in [5, 5.41) is 5.23. The Morgan fingerprint density at radius 3 is 2.56 bits per heavy atom. The first-order valence-corrected chi connectivity index (χ1v) is 6.39. The fourth-order valence-corrected chi connectivity index (χ4v) is 2.48. The van der Waals surface area contributed by atoms with Crippen molar-refractivity contribution in [1.29, 1.82) is 0 Å². The fourth-order valence-electron chi connectivity index (χ4n) is 1.44. The van der Waals surface area contributed by atoms with E-state index in [2.05, 4.69) is 10.6 Å². The first-order valence-electron chi connectivity index (χ1n) is 5.17. The van der Waals surface area contributed by atoms with Crippen LogP contribution in [0.5, 0.6) is 0 Å². The lowest BCUT2D eigenvalue weighted by Gasteiger charge is -2.02. The molecule has 0 radical (unpaired) electrons. The van der Waals surface area contributed by atoms with E-state index in [1.165, 1.54) is 18.7 Å². The first kappa shape index (κ1) is 12.8. The summed E-state index contributed by atoms with van der Waals surface area (Å²) in [5.74, 6) is -0.284. The monoisotopic (exact) mass is 278 g/mol. The summed E-state index contributed by atoms with van der Waals surface area (Å²) in [6.07, 6.45) is 1.76. The van der Waals surface area contributed by atoms with E-state index < -0.39 is 0 Å². The molecular formula is C12H10N2O2S2. The highest BCUT2D eigenvalue weighted by molar-refractivity contribution is 8.26. The van der Waals surface area contributed by atoms with Gasteiger partial charge in [0.05, 0.1) is 4.91 Å². The average Bonchev–Trinajstić information content (AvgIpc) is 2.59. The number of amides is 2. The van der Waals surface area contributed by atoms with Gasteiger partial charge in [-0.1, -0.05) is 36.1 Å². The molecule has 2 N–H and O–H groups in total. The van der Waals surface area contributed by atoms with E-state index in [1.807, 2.05) is 12.1 Å². The molecule has 0 bridgehead atoms. The van der Waals surface area contributed by atoms with Gasteiger partial charge in [0, 0.05) is 12.6 Å². The van der Waals surface area contributed by atoms with E-state index in [-0.39, 0.29) is 11.8 Å². The highest BCUT2D eigenvalue weighted by Gasteiger charge is 2.21. The molecule has 1 aliphatic rings. The minimum atomic E-state index is -0.170. The van der Waals surface area contributed by atoms with Crippen LogP contribution in [0.3, 0.4) is 0 Å². The lowest BCUT2D eigenvalue weighted by atomic mass is 10.2. The van der Waals surface area contributed by atoms with Gasteiger partial charge in [0.2, 0.25) is 5.91 Å². The van der Waals surface area contributed by atoms with Crippen LogP contribution >= 0.6 is 24.0 Å². The van der Waals surface area contributed by atoms with Gasteiger partial charge in [0.15, 0.2) is 0 Å². The van der Waals surface area contributed by atoms with Crippen molar-refractivity contribution in [2.45, 2.75) is 6.92 Å². The molecular weight excluding hydrogens is 268 g/mol. The number of anilines is 1. The molecule has 0 saturated carbocycles.